The van der Waals surface area contributed by atoms with Gasteiger partial charge in [-0.25, -0.2) is 4.79 Å². The molecule has 0 N–H and O–H groups in total. The molecule has 38 heavy (non-hydrogen) atoms. The summed E-state index contributed by atoms with van der Waals surface area (Å²) in [6.45, 7) is 0.597. The maximum atomic E-state index is 13.2. The second-order valence-electron chi connectivity index (χ2n) is 8.89. The van der Waals surface area contributed by atoms with Crippen molar-refractivity contribution < 1.29 is 23.5 Å². The van der Waals surface area contributed by atoms with Crippen LogP contribution < -0.4 is 0 Å². The zero-order valence-electron chi connectivity index (χ0n) is 20.4. The predicted molar refractivity (Wildman–Crippen MR) is 147 cm³/mol. The van der Waals surface area contributed by atoms with E-state index in [1.54, 1.807) is 12.1 Å². The van der Waals surface area contributed by atoms with E-state index in [9.17, 15) is 14.4 Å². The van der Waals surface area contributed by atoms with E-state index in [1.165, 1.54) is 29.5 Å². The Balaban J connectivity index is 1.31. The Morgan fingerprint density at radius 1 is 0.921 bits per heavy atom. The van der Waals surface area contributed by atoms with E-state index in [0.717, 1.165) is 33.1 Å². The molecule has 188 valence electrons. The molecular weight excluding hydrogens is 500 g/mol. The molecule has 2 aromatic heterocycles. The molecule has 5 aromatic rings. The molecule has 0 spiro atoms. The van der Waals surface area contributed by atoms with Gasteiger partial charge in [-0.15, -0.1) is 0 Å². The topological polar surface area (TPSA) is 81.8 Å². The molecule has 0 bridgehead atoms. The van der Waals surface area contributed by atoms with E-state index in [-0.39, 0.29) is 12.3 Å². The van der Waals surface area contributed by atoms with Gasteiger partial charge in [-0.1, -0.05) is 60.7 Å². The molecule has 2 amide bonds. The van der Waals surface area contributed by atoms with Crippen LogP contribution in [-0.2, 0) is 22.6 Å². The number of esters is 1. The average Bonchev–Trinajstić information content (AvgIpc) is 3.62. The molecule has 1 aliphatic heterocycles. The molecule has 0 unspecified atom stereocenters. The van der Waals surface area contributed by atoms with Gasteiger partial charge in [0.05, 0.1) is 18.6 Å². The van der Waals surface area contributed by atoms with Crippen LogP contribution in [0.3, 0.4) is 0 Å². The van der Waals surface area contributed by atoms with E-state index in [1.807, 2.05) is 36.5 Å². The Labute approximate surface area is 222 Å². The van der Waals surface area contributed by atoms with Gasteiger partial charge in [0.15, 0.2) is 0 Å². The molecule has 8 heteroatoms. The Morgan fingerprint density at radius 2 is 1.68 bits per heavy atom. The van der Waals surface area contributed by atoms with Gasteiger partial charge in [-0.2, -0.15) is 0 Å². The third kappa shape index (κ3) is 4.29. The zero-order valence-corrected chi connectivity index (χ0v) is 21.2. The van der Waals surface area contributed by atoms with Crippen LogP contribution in [-0.4, -0.2) is 33.7 Å². The number of hydrogen-bond donors (Lipinski definition) is 0. The van der Waals surface area contributed by atoms with Gasteiger partial charge in [0.2, 0.25) is 5.76 Å². The molecule has 0 saturated carbocycles. The number of fused-ring (bicyclic) bond motifs is 2. The number of furan rings is 1. The smallest absolute Gasteiger partial charge is 0.373 e. The average molecular weight is 523 g/mol. The lowest BCUT2D eigenvalue weighted by Crippen LogP contribution is -2.27. The van der Waals surface area contributed by atoms with E-state index in [2.05, 4.69) is 45.7 Å². The van der Waals surface area contributed by atoms with Crippen molar-refractivity contribution in [2.24, 2.45) is 0 Å². The summed E-state index contributed by atoms with van der Waals surface area (Å²) in [5.74, 6) is -0.684. The first-order valence-corrected chi connectivity index (χ1v) is 12.8. The molecule has 1 aliphatic rings. The molecule has 3 heterocycles. The summed E-state index contributed by atoms with van der Waals surface area (Å²) in [7, 11) is 1.25. The van der Waals surface area contributed by atoms with Crippen molar-refractivity contribution in [1.82, 2.24) is 9.47 Å². The quantitative estimate of drug-likeness (QED) is 0.188. The Morgan fingerprint density at radius 3 is 2.53 bits per heavy atom. The largest absolute Gasteiger partial charge is 0.463 e. The monoisotopic (exact) mass is 522 g/mol. The number of para-hydroxylation sites is 1. The highest BCUT2D eigenvalue weighted by Crippen LogP contribution is 2.35. The first kappa shape index (κ1) is 23.8. The van der Waals surface area contributed by atoms with Crippen molar-refractivity contribution in [3.63, 3.8) is 0 Å². The van der Waals surface area contributed by atoms with Crippen molar-refractivity contribution in [3.8, 4) is 0 Å². The summed E-state index contributed by atoms with van der Waals surface area (Å²) in [6, 6.07) is 25.6. The first-order valence-electron chi connectivity index (χ1n) is 12.0. The number of aromatic nitrogens is 1. The van der Waals surface area contributed by atoms with Gasteiger partial charge in [0, 0.05) is 29.2 Å². The maximum absolute atomic E-state index is 13.2. The Kier molecular flexibility index (Phi) is 6.09. The second-order valence-corrected chi connectivity index (χ2v) is 9.89. The number of hydrogen-bond acceptors (Lipinski definition) is 6. The zero-order chi connectivity index (χ0) is 26.2. The lowest BCUT2D eigenvalue weighted by molar-refractivity contribution is -0.123. The number of rotatable bonds is 6. The molecule has 6 rings (SSSR count). The SMILES string of the molecule is COC(=O)c1ccc(CN2C(=O)S/C(=C/c3cn(Cc4cccc5ccccc45)c4ccccc34)C2=O)o1. The summed E-state index contributed by atoms with van der Waals surface area (Å²) in [5, 5.41) is 2.99. The summed E-state index contributed by atoms with van der Waals surface area (Å²) < 4.78 is 12.3. The number of carbonyl (C=O) groups excluding carboxylic acids is 3. The number of carbonyl (C=O) groups is 3. The van der Waals surface area contributed by atoms with Crippen molar-refractivity contribution in [3.05, 3.63) is 113 Å². The van der Waals surface area contributed by atoms with Crippen LogP contribution in [0.1, 0.15) is 27.4 Å². The van der Waals surface area contributed by atoms with Crippen LogP contribution in [0.5, 0.6) is 0 Å². The number of thioether (sulfide) groups is 1. The summed E-state index contributed by atoms with van der Waals surface area (Å²) >= 11 is 0.893. The standard InChI is InChI=1S/C30H22N2O5S/c1-36-29(34)26-14-13-22(37-26)18-32-28(33)27(38-30(32)35)15-21-17-31(25-12-5-4-11-24(21)25)16-20-9-6-8-19-7-2-3-10-23(19)20/h2-15,17H,16,18H2,1H3/b27-15+. The second kappa shape index (κ2) is 9.72. The summed E-state index contributed by atoms with van der Waals surface area (Å²) in [6.07, 6.45) is 3.80. The van der Waals surface area contributed by atoms with Crippen molar-refractivity contribution in [2.75, 3.05) is 7.11 Å². The van der Waals surface area contributed by atoms with E-state index < -0.39 is 17.1 Å². The Bertz CT molecular complexity index is 1760. The number of imide groups is 1. The van der Waals surface area contributed by atoms with Crippen molar-refractivity contribution in [2.45, 2.75) is 13.1 Å². The third-order valence-electron chi connectivity index (χ3n) is 6.56. The van der Waals surface area contributed by atoms with Crippen LogP contribution in [0.15, 0.2) is 94.4 Å². The number of benzene rings is 3. The van der Waals surface area contributed by atoms with Crippen LogP contribution >= 0.6 is 11.8 Å². The number of nitrogens with zero attached hydrogens (tertiary/aromatic N) is 2. The highest BCUT2D eigenvalue weighted by Gasteiger charge is 2.36. The normalized spacial score (nSPS) is 14.8. The molecular formula is C30H22N2O5S. The van der Waals surface area contributed by atoms with Gasteiger partial charge in [0.1, 0.15) is 5.76 Å². The van der Waals surface area contributed by atoms with Crippen molar-refractivity contribution >= 4 is 56.6 Å². The fourth-order valence-electron chi connectivity index (χ4n) is 4.74. The molecule has 0 aliphatic carbocycles. The summed E-state index contributed by atoms with van der Waals surface area (Å²) in [4.78, 5) is 39.0. The number of ether oxygens (including phenoxy) is 1. The van der Waals surface area contributed by atoms with Gasteiger partial charge in [-0.3, -0.25) is 14.5 Å². The van der Waals surface area contributed by atoms with Crippen LogP contribution in [0.4, 0.5) is 4.79 Å². The molecule has 1 fully saturated rings. The number of amides is 2. The maximum Gasteiger partial charge on any atom is 0.373 e. The third-order valence-corrected chi connectivity index (χ3v) is 7.47. The predicted octanol–water partition coefficient (Wildman–Crippen LogP) is 6.46. The fourth-order valence-corrected chi connectivity index (χ4v) is 5.57. The minimum atomic E-state index is -0.620. The van der Waals surface area contributed by atoms with Gasteiger partial charge in [0.25, 0.3) is 11.1 Å². The lowest BCUT2D eigenvalue weighted by atomic mass is 10.0. The molecule has 0 atom stereocenters. The minimum Gasteiger partial charge on any atom is -0.463 e. The number of methoxy groups -OCH3 is 1. The van der Waals surface area contributed by atoms with Crippen LogP contribution in [0.25, 0.3) is 27.8 Å². The van der Waals surface area contributed by atoms with E-state index in [0.29, 0.717) is 17.2 Å². The van der Waals surface area contributed by atoms with Crippen LogP contribution in [0, 0.1) is 0 Å². The summed E-state index contributed by atoms with van der Waals surface area (Å²) in [5.41, 5.74) is 3.09. The van der Waals surface area contributed by atoms with Gasteiger partial charge < -0.3 is 13.7 Å². The molecule has 1 saturated heterocycles. The fraction of sp³-hybridized carbons (Fsp3) is 0.100. The Hall–Kier alpha value is -4.56. The molecule has 3 aromatic carbocycles. The van der Waals surface area contributed by atoms with Gasteiger partial charge in [-0.05, 0) is 52.4 Å². The van der Waals surface area contributed by atoms with Crippen LogP contribution in [0.2, 0.25) is 0 Å². The first-order chi connectivity index (χ1) is 18.5. The van der Waals surface area contributed by atoms with Crippen molar-refractivity contribution in [1.29, 1.82) is 0 Å². The minimum absolute atomic E-state index is 0.0176. The molecule has 0 radical (unpaired) electrons. The lowest BCUT2D eigenvalue weighted by Gasteiger charge is -2.09. The van der Waals surface area contributed by atoms with E-state index >= 15 is 0 Å². The van der Waals surface area contributed by atoms with E-state index in [4.69, 9.17) is 4.42 Å². The highest BCUT2D eigenvalue weighted by atomic mass is 32.2. The van der Waals surface area contributed by atoms with Gasteiger partial charge >= 0.3 is 5.97 Å². The molecule has 7 nitrogen and oxygen atoms in total. The highest BCUT2D eigenvalue weighted by molar-refractivity contribution is 8.18.